The van der Waals surface area contributed by atoms with Gasteiger partial charge in [-0.1, -0.05) is 0 Å². The highest BCUT2D eigenvalue weighted by atomic mass is 16.6. The number of aromatic amines is 1. The summed E-state index contributed by atoms with van der Waals surface area (Å²) in [4.78, 5) is 14.7. The Balaban J connectivity index is 1.55. The fourth-order valence-electron chi connectivity index (χ4n) is 3.72. The molecular weight excluding hydrogens is 454 g/mol. The Labute approximate surface area is 199 Å². The second kappa shape index (κ2) is 9.18. The summed E-state index contributed by atoms with van der Waals surface area (Å²) in [6.45, 7) is 0.740. The first-order valence-corrected chi connectivity index (χ1v) is 10.7. The SMILES string of the molecule is COC(=O)COc1ccc(-c2[nH]c3c(C#N)cnn3c2Nc2ccc3c(c2)OCCO3)cc1OC. The van der Waals surface area contributed by atoms with Gasteiger partial charge in [0.25, 0.3) is 0 Å². The molecule has 0 spiro atoms. The van der Waals surface area contributed by atoms with E-state index in [0.717, 1.165) is 11.3 Å². The number of H-pyrrole nitrogens is 1. The number of esters is 1. The Morgan fingerprint density at radius 2 is 2.00 bits per heavy atom. The van der Waals surface area contributed by atoms with E-state index in [4.69, 9.17) is 18.9 Å². The molecule has 0 saturated heterocycles. The largest absolute Gasteiger partial charge is 0.493 e. The standard InChI is InChI=1S/C24H21N5O6/c1-31-19-9-14(3-5-17(19)35-13-21(30)32-2)22-24(29-23(28-22)15(11-25)12-26-29)27-16-4-6-18-20(10-16)34-8-7-33-18/h3-6,9-10,12,27-28H,7-8,13H2,1-2H3. The average molecular weight is 475 g/mol. The van der Waals surface area contributed by atoms with Crippen LogP contribution >= 0.6 is 0 Å². The smallest absolute Gasteiger partial charge is 0.343 e. The third-order valence-corrected chi connectivity index (χ3v) is 5.41. The Bertz CT molecular complexity index is 1450. The van der Waals surface area contributed by atoms with E-state index >= 15 is 0 Å². The van der Waals surface area contributed by atoms with Crippen molar-refractivity contribution in [3.05, 3.63) is 48.2 Å². The summed E-state index contributed by atoms with van der Waals surface area (Å²) in [5.41, 5.74) is 3.08. The number of hydrogen-bond donors (Lipinski definition) is 2. The molecule has 0 radical (unpaired) electrons. The molecule has 5 rings (SSSR count). The first-order chi connectivity index (χ1) is 17.1. The molecule has 2 aromatic heterocycles. The quantitative estimate of drug-likeness (QED) is 0.386. The summed E-state index contributed by atoms with van der Waals surface area (Å²) >= 11 is 0. The van der Waals surface area contributed by atoms with E-state index in [-0.39, 0.29) is 6.61 Å². The van der Waals surface area contributed by atoms with Crippen LogP contribution in [0.2, 0.25) is 0 Å². The van der Waals surface area contributed by atoms with Crippen molar-refractivity contribution in [3.63, 3.8) is 0 Å². The third-order valence-electron chi connectivity index (χ3n) is 5.41. The molecule has 3 heterocycles. The molecule has 4 aromatic rings. The second-order valence-electron chi connectivity index (χ2n) is 7.49. The highest BCUT2D eigenvalue weighted by molar-refractivity contribution is 5.82. The van der Waals surface area contributed by atoms with Gasteiger partial charge < -0.3 is 34.0 Å². The maximum Gasteiger partial charge on any atom is 0.343 e. The molecule has 0 saturated carbocycles. The lowest BCUT2D eigenvalue weighted by atomic mass is 10.1. The predicted molar refractivity (Wildman–Crippen MR) is 124 cm³/mol. The first-order valence-electron chi connectivity index (χ1n) is 10.7. The fraction of sp³-hybridized carbons (Fsp3) is 0.208. The van der Waals surface area contributed by atoms with Gasteiger partial charge in [0.05, 0.1) is 26.1 Å². The van der Waals surface area contributed by atoms with Gasteiger partial charge in [0.2, 0.25) is 0 Å². The number of methoxy groups -OCH3 is 2. The molecule has 0 bridgehead atoms. The molecule has 0 atom stereocenters. The topological polar surface area (TPSA) is 132 Å². The molecule has 0 fully saturated rings. The maximum absolute atomic E-state index is 11.5. The van der Waals surface area contributed by atoms with Crippen LogP contribution in [0.15, 0.2) is 42.6 Å². The van der Waals surface area contributed by atoms with Crippen LogP contribution in [-0.4, -0.2) is 54.6 Å². The number of carbonyl (C=O) groups is 1. The summed E-state index contributed by atoms with van der Waals surface area (Å²) < 4.78 is 28.5. The molecule has 0 amide bonds. The molecule has 0 unspecified atom stereocenters. The van der Waals surface area contributed by atoms with Crippen LogP contribution < -0.4 is 24.3 Å². The molecule has 0 aliphatic carbocycles. The Morgan fingerprint density at radius 1 is 1.17 bits per heavy atom. The van der Waals surface area contributed by atoms with Gasteiger partial charge in [0.1, 0.15) is 24.8 Å². The number of rotatable bonds is 7. The normalized spacial score (nSPS) is 12.1. The molecule has 2 aromatic carbocycles. The molecule has 11 heteroatoms. The molecule has 1 aliphatic rings. The van der Waals surface area contributed by atoms with Crippen molar-refractivity contribution >= 4 is 23.1 Å². The number of ether oxygens (including phenoxy) is 5. The lowest BCUT2D eigenvalue weighted by Crippen LogP contribution is -2.15. The van der Waals surface area contributed by atoms with E-state index in [1.54, 1.807) is 22.7 Å². The van der Waals surface area contributed by atoms with Crippen molar-refractivity contribution in [3.8, 4) is 40.3 Å². The summed E-state index contributed by atoms with van der Waals surface area (Å²) in [6, 6.07) is 13.0. The van der Waals surface area contributed by atoms with E-state index in [0.29, 0.717) is 58.9 Å². The van der Waals surface area contributed by atoms with Gasteiger partial charge in [-0.25, -0.2) is 4.79 Å². The molecule has 2 N–H and O–H groups in total. The van der Waals surface area contributed by atoms with E-state index in [1.807, 2.05) is 18.2 Å². The van der Waals surface area contributed by atoms with Crippen LogP contribution in [0.3, 0.4) is 0 Å². The molecule has 11 nitrogen and oxygen atoms in total. The average Bonchev–Trinajstić information content (AvgIpc) is 3.46. The molecule has 1 aliphatic heterocycles. The predicted octanol–water partition coefficient (Wildman–Crippen LogP) is 3.28. The van der Waals surface area contributed by atoms with Gasteiger partial charge in [-0.15, -0.1) is 0 Å². The fourth-order valence-corrected chi connectivity index (χ4v) is 3.72. The lowest BCUT2D eigenvalue weighted by Gasteiger charge is -2.19. The highest BCUT2D eigenvalue weighted by Crippen LogP contribution is 2.39. The maximum atomic E-state index is 11.5. The number of fused-ring (bicyclic) bond motifs is 2. The van der Waals surface area contributed by atoms with E-state index in [9.17, 15) is 10.1 Å². The summed E-state index contributed by atoms with van der Waals surface area (Å²) in [6.07, 6.45) is 1.49. The zero-order valence-electron chi connectivity index (χ0n) is 19.0. The van der Waals surface area contributed by atoms with Gasteiger partial charge in [-0.3, -0.25) is 0 Å². The number of aromatic nitrogens is 3. The van der Waals surface area contributed by atoms with Crippen molar-refractivity contribution in [2.24, 2.45) is 0 Å². The van der Waals surface area contributed by atoms with Gasteiger partial charge in [0.15, 0.2) is 41.1 Å². The molecule has 35 heavy (non-hydrogen) atoms. The lowest BCUT2D eigenvalue weighted by molar-refractivity contribution is -0.142. The number of nitriles is 1. The minimum absolute atomic E-state index is 0.245. The van der Waals surface area contributed by atoms with Crippen molar-refractivity contribution in [1.82, 2.24) is 14.6 Å². The van der Waals surface area contributed by atoms with Crippen molar-refractivity contribution < 1.29 is 28.5 Å². The van der Waals surface area contributed by atoms with Crippen LogP contribution in [-0.2, 0) is 9.53 Å². The third kappa shape index (κ3) is 4.13. The summed E-state index contributed by atoms with van der Waals surface area (Å²) in [5, 5.41) is 17.3. The van der Waals surface area contributed by atoms with Crippen LogP contribution in [0.4, 0.5) is 11.5 Å². The Hall–Kier alpha value is -4.85. The van der Waals surface area contributed by atoms with Crippen LogP contribution in [0.5, 0.6) is 23.0 Å². The first kappa shape index (κ1) is 22.0. The Morgan fingerprint density at radius 3 is 2.77 bits per heavy atom. The van der Waals surface area contributed by atoms with E-state index in [1.165, 1.54) is 20.4 Å². The number of nitrogens with one attached hydrogen (secondary N) is 2. The number of benzene rings is 2. The van der Waals surface area contributed by atoms with E-state index in [2.05, 4.69) is 26.2 Å². The van der Waals surface area contributed by atoms with Gasteiger partial charge in [-0.2, -0.15) is 14.9 Å². The van der Waals surface area contributed by atoms with Crippen LogP contribution in [0, 0.1) is 11.3 Å². The minimum atomic E-state index is -0.503. The minimum Gasteiger partial charge on any atom is -0.493 e. The van der Waals surface area contributed by atoms with Gasteiger partial charge in [-0.05, 0) is 30.3 Å². The number of imidazole rings is 1. The van der Waals surface area contributed by atoms with Gasteiger partial charge >= 0.3 is 5.97 Å². The number of nitrogens with zero attached hydrogens (tertiary/aromatic N) is 3. The van der Waals surface area contributed by atoms with E-state index < -0.39 is 5.97 Å². The zero-order chi connectivity index (χ0) is 24.4. The Kier molecular flexibility index (Phi) is 5.76. The number of carbonyl (C=O) groups excluding carboxylic acids is 1. The number of hydrogen-bond acceptors (Lipinski definition) is 9. The second-order valence-corrected chi connectivity index (χ2v) is 7.49. The zero-order valence-corrected chi connectivity index (χ0v) is 19.0. The number of anilines is 2. The van der Waals surface area contributed by atoms with Gasteiger partial charge in [0, 0.05) is 17.3 Å². The summed E-state index contributed by atoms with van der Waals surface area (Å²) in [5.74, 6) is 2.22. The van der Waals surface area contributed by atoms with Crippen molar-refractivity contribution in [1.29, 1.82) is 5.26 Å². The van der Waals surface area contributed by atoms with Crippen LogP contribution in [0.1, 0.15) is 5.56 Å². The molecular formula is C24H21N5O6. The highest BCUT2D eigenvalue weighted by Gasteiger charge is 2.20. The van der Waals surface area contributed by atoms with Crippen LogP contribution in [0.25, 0.3) is 16.9 Å². The molecule has 178 valence electrons. The van der Waals surface area contributed by atoms with Crippen molar-refractivity contribution in [2.45, 2.75) is 0 Å². The van der Waals surface area contributed by atoms with Crippen molar-refractivity contribution in [2.75, 3.05) is 39.4 Å². The monoisotopic (exact) mass is 475 g/mol. The summed E-state index contributed by atoms with van der Waals surface area (Å²) in [7, 11) is 2.80.